The molecule has 1 heterocycles. The van der Waals surface area contributed by atoms with Crippen molar-refractivity contribution in [1.82, 2.24) is 10.3 Å². The molecule has 2 rings (SSSR count). The van der Waals surface area contributed by atoms with Crippen molar-refractivity contribution in [2.24, 2.45) is 0 Å². The minimum Gasteiger partial charge on any atom is -0.467 e. The van der Waals surface area contributed by atoms with Crippen LogP contribution in [0.25, 0.3) is 10.9 Å². The molecule has 7 heteroatoms. The van der Waals surface area contributed by atoms with E-state index >= 15 is 0 Å². The molecule has 112 valence electrons. The van der Waals surface area contributed by atoms with E-state index in [9.17, 15) is 9.59 Å². The molecule has 0 aliphatic rings. The summed E-state index contributed by atoms with van der Waals surface area (Å²) in [6, 6.07) is 5.00. The summed E-state index contributed by atoms with van der Waals surface area (Å²) >= 11 is 3.42. The number of hydrogen-bond donors (Lipinski definition) is 2. The Morgan fingerprint density at radius 1 is 1.33 bits per heavy atom. The topological polar surface area (TPSA) is 80.4 Å². The Balaban J connectivity index is 2.27. The average Bonchev–Trinajstić information content (AvgIpc) is 2.87. The fourth-order valence-electron chi connectivity index (χ4n) is 2.08. The summed E-state index contributed by atoms with van der Waals surface area (Å²) in [4.78, 5) is 26.2. The van der Waals surface area contributed by atoms with Crippen LogP contribution in [0.5, 0.6) is 0 Å². The number of aromatic nitrogens is 1. The van der Waals surface area contributed by atoms with Gasteiger partial charge in [-0.05, 0) is 23.8 Å². The van der Waals surface area contributed by atoms with Gasteiger partial charge in [0.15, 0.2) is 0 Å². The lowest BCUT2D eigenvalue weighted by atomic mass is 10.1. The minimum atomic E-state index is -0.805. The summed E-state index contributed by atoms with van der Waals surface area (Å²) in [7, 11) is 2.52. The Bertz CT molecular complexity index is 668. The Morgan fingerprint density at radius 2 is 2.10 bits per heavy atom. The number of H-pyrrole nitrogens is 1. The first-order valence-electron chi connectivity index (χ1n) is 6.23. The van der Waals surface area contributed by atoms with E-state index in [2.05, 4.69) is 31.0 Å². The lowest BCUT2D eigenvalue weighted by Gasteiger charge is -2.15. The number of esters is 1. The van der Waals surface area contributed by atoms with Gasteiger partial charge in [-0.3, -0.25) is 0 Å². The van der Waals surface area contributed by atoms with E-state index in [1.54, 1.807) is 0 Å². The molecule has 1 atom stereocenters. The van der Waals surface area contributed by atoms with Gasteiger partial charge >= 0.3 is 12.1 Å². The maximum Gasteiger partial charge on any atom is 0.407 e. The molecule has 0 aliphatic heterocycles. The molecule has 1 aromatic carbocycles. The van der Waals surface area contributed by atoms with Crippen LogP contribution in [0, 0.1) is 0 Å². The van der Waals surface area contributed by atoms with Crippen LogP contribution in [-0.2, 0) is 20.7 Å². The standard InChI is InChI=1S/C14H15BrN2O4/c1-20-13(18)12(17-14(19)21-2)5-8-7-16-11-4-3-9(15)6-10(8)11/h3-4,6-7,12,16H,5H2,1-2H3,(H,17,19)/t12-/m0/s1. The zero-order valence-electron chi connectivity index (χ0n) is 11.6. The summed E-state index contributed by atoms with van der Waals surface area (Å²) in [5.74, 6) is -0.523. The van der Waals surface area contributed by atoms with Gasteiger partial charge in [0.05, 0.1) is 14.2 Å². The Hall–Kier alpha value is -2.02. The highest BCUT2D eigenvalue weighted by atomic mass is 79.9. The monoisotopic (exact) mass is 354 g/mol. The van der Waals surface area contributed by atoms with Crippen molar-refractivity contribution >= 4 is 38.9 Å². The molecular weight excluding hydrogens is 340 g/mol. The van der Waals surface area contributed by atoms with E-state index in [4.69, 9.17) is 4.74 Å². The smallest absolute Gasteiger partial charge is 0.407 e. The van der Waals surface area contributed by atoms with Crippen LogP contribution in [0.15, 0.2) is 28.9 Å². The molecule has 0 aliphatic carbocycles. The number of carbonyl (C=O) groups excluding carboxylic acids is 2. The van der Waals surface area contributed by atoms with Gasteiger partial charge in [-0.25, -0.2) is 9.59 Å². The number of hydrogen-bond acceptors (Lipinski definition) is 4. The van der Waals surface area contributed by atoms with Gasteiger partial charge in [0.25, 0.3) is 0 Å². The van der Waals surface area contributed by atoms with Crippen LogP contribution in [0.3, 0.4) is 0 Å². The fourth-order valence-corrected chi connectivity index (χ4v) is 2.44. The van der Waals surface area contributed by atoms with Gasteiger partial charge in [-0.2, -0.15) is 0 Å². The van der Waals surface area contributed by atoms with Gasteiger partial charge in [0, 0.05) is 28.0 Å². The third-order valence-electron chi connectivity index (χ3n) is 3.12. The number of benzene rings is 1. The van der Waals surface area contributed by atoms with Crippen LogP contribution in [0.1, 0.15) is 5.56 Å². The van der Waals surface area contributed by atoms with Crippen LogP contribution in [0.2, 0.25) is 0 Å². The Kier molecular flexibility index (Phi) is 4.85. The Labute approximate surface area is 129 Å². The highest BCUT2D eigenvalue weighted by molar-refractivity contribution is 9.10. The third kappa shape index (κ3) is 3.55. The van der Waals surface area contributed by atoms with E-state index in [0.29, 0.717) is 6.42 Å². The van der Waals surface area contributed by atoms with E-state index in [1.165, 1.54) is 14.2 Å². The first-order chi connectivity index (χ1) is 10.0. The molecule has 0 radical (unpaired) electrons. The summed E-state index contributed by atoms with van der Waals surface area (Å²) in [6.45, 7) is 0. The van der Waals surface area contributed by atoms with Crippen molar-refractivity contribution in [1.29, 1.82) is 0 Å². The zero-order chi connectivity index (χ0) is 15.4. The maximum atomic E-state index is 11.8. The molecule has 2 N–H and O–H groups in total. The molecule has 0 unspecified atom stereocenters. The van der Waals surface area contributed by atoms with E-state index < -0.39 is 18.1 Å². The molecule has 6 nitrogen and oxygen atoms in total. The van der Waals surface area contributed by atoms with Gasteiger partial charge in [0.2, 0.25) is 0 Å². The second kappa shape index (κ2) is 6.62. The number of ether oxygens (including phenoxy) is 2. The SMILES string of the molecule is COC(=O)N[C@@H](Cc1c[nH]c2ccc(Br)cc12)C(=O)OC. The van der Waals surface area contributed by atoms with Gasteiger partial charge in [-0.1, -0.05) is 15.9 Å². The summed E-state index contributed by atoms with van der Waals surface area (Å²) in [5.41, 5.74) is 1.85. The maximum absolute atomic E-state index is 11.8. The molecule has 0 spiro atoms. The third-order valence-corrected chi connectivity index (χ3v) is 3.61. The number of halogens is 1. The molecule has 1 amide bonds. The molecular formula is C14H15BrN2O4. The number of rotatable bonds is 4. The predicted molar refractivity (Wildman–Crippen MR) is 81.0 cm³/mol. The molecule has 0 fully saturated rings. The van der Waals surface area contributed by atoms with Crippen molar-refractivity contribution in [3.63, 3.8) is 0 Å². The zero-order valence-corrected chi connectivity index (χ0v) is 13.2. The second-order valence-electron chi connectivity index (χ2n) is 4.42. The average molecular weight is 355 g/mol. The van der Waals surface area contributed by atoms with Crippen LogP contribution in [-0.4, -0.2) is 37.3 Å². The minimum absolute atomic E-state index is 0.304. The Morgan fingerprint density at radius 3 is 2.76 bits per heavy atom. The first kappa shape index (κ1) is 15.4. The van der Waals surface area contributed by atoms with Crippen LogP contribution < -0.4 is 5.32 Å². The first-order valence-corrected chi connectivity index (χ1v) is 7.02. The van der Waals surface area contributed by atoms with E-state index in [0.717, 1.165) is 20.9 Å². The molecule has 0 bridgehead atoms. The van der Waals surface area contributed by atoms with E-state index in [-0.39, 0.29) is 0 Å². The summed E-state index contributed by atoms with van der Waals surface area (Å²) in [5, 5.41) is 3.45. The largest absolute Gasteiger partial charge is 0.467 e. The van der Waals surface area contributed by atoms with Crippen molar-refractivity contribution < 1.29 is 19.1 Å². The molecule has 0 saturated carbocycles. The number of aromatic amines is 1. The van der Waals surface area contributed by atoms with Crippen molar-refractivity contribution in [2.75, 3.05) is 14.2 Å². The number of amides is 1. The fraction of sp³-hybridized carbons (Fsp3) is 0.286. The highest BCUT2D eigenvalue weighted by Crippen LogP contribution is 2.23. The molecule has 2 aromatic rings. The van der Waals surface area contributed by atoms with E-state index in [1.807, 2.05) is 24.4 Å². The number of alkyl carbamates (subject to hydrolysis) is 1. The number of carbonyl (C=O) groups is 2. The number of nitrogens with one attached hydrogen (secondary N) is 2. The number of methoxy groups -OCH3 is 2. The van der Waals surface area contributed by atoms with Crippen molar-refractivity contribution in [3.05, 3.63) is 34.4 Å². The van der Waals surface area contributed by atoms with Crippen LogP contribution >= 0.6 is 15.9 Å². The quantitative estimate of drug-likeness (QED) is 0.826. The number of fused-ring (bicyclic) bond motifs is 1. The molecule has 21 heavy (non-hydrogen) atoms. The lowest BCUT2D eigenvalue weighted by Crippen LogP contribution is -2.42. The normalized spacial score (nSPS) is 12.0. The van der Waals surface area contributed by atoms with Gasteiger partial charge < -0.3 is 19.8 Å². The second-order valence-corrected chi connectivity index (χ2v) is 5.34. The van der Waals surface area contributed by atoms with Crippen molar-refractivity contribution in [3.8, 4) is 0 Å². The summed E-state index contributed by atoms with van der Waals surface area (Å²) < 4.78 is 10.2. The van der Waals surface area contributed by atoms with Crippen LogP contribution in [0.4, 0.5) is 4.79 Å². The van der Waals surface area contributed by atoms with Gasteiger partial charge in [0.1, 0.15) is 6.04 Å². The predicted octanol–water partition coefficient (Wildman–Crippen LogP) is 2.37. The highest BCUT2D eigenvalue weighted by Gasteiger charge is 2.23. The van der Waals surface area contributed by atoms with Gasteiger partial charge in [-0.15, -0.1) is 0 Å². The summed E-state index contributed by atoms with van der Waals surface area (Å²) in [6.07, 6.45) is 1.44. The molecule has 1 aromatic heterocycles. The van der Waals surface area contributed by atoms with Crippen molar-refractivity contribution in [2.45, 2.75) is 12.5 Å². The molecule has 0 saturated heterocycles. The lowest BCUT2D eigenvalue weighted by molar-refractivity contribution is -0.142.